The molecule has 152 valence electrons. The maximum atomic E-state index is 13.8. The minimum absolute atomic E-state index is 0.0660. The van der Waals surface area contributed by atoms with Crippen LogP contribution in [-0.2, 0) is 21.7 Å². The van der Waals surface area contributed by atoms with Gasteiger partial charge in [-0.2, -0.15) is 0 Å². The number of carbonyl (C=O) groups is 2. The Bertz CT molecular complexity index is 918. The highest BCUT2D eigenvalue weighted by Crippen LogP contribution is 2.45. The molecule has 0 spiro atoms. The van der Waals surface area contributed by atoms with Gasteiger partial charge in [-0.15, -0.1) is 0 Å². The highest BCUT2D eigenvalue weighted by molar-refractivity contribution is 6.30. The summed E-state index contributed by atoms with van der Waals surface area (Å²) in [7, 11) is 0. The number of halogens is 2. The molecule has 2 amide bonds. The van der Waals surface area contributed by atoms with Gasteiger partial charge in [0.25, 0.3) is 0 Å². The molecule has 7 heteroatoms. The van der Waals surface area contributed by atoms with Crippen LogP contribution >= 0.6 is 11.6 Å². The van der Waals surface area contributed by atoms with Crippen LogP contribution < -0.4 is 10.6 Å². The maximum Gasteiger partial charge on any atom is 0.237 e. The molecule has 2 aliphatic rings. The molecule has 1 saturated heterocycles. The van der Waals surface area contributed by atoms with E-state index in [4.69, 9.17) is 11.6 Å². The smallest absolute Gasteiger partial charge is 0.237 e. The summed E-state index contributed by atoms with van der Waals surface area (Å²) >= 11 is 5.76. The topological polar surface area (TPSA) is 61.4 Å². The first-order valence-corrected chi connectivity index (χ1v) is 10.2. The van der Waals surface area contributed by atoms with Crippen LogP contribution in [0.25, 0.3) is 0 Å². The second-order valence-corrected chi connectivity index (χ2v) is 8.13. The Kier molecular flexibility index (Phi) is 5.56. The number of hydrogen-bond donors (Lipinski definition) is 2. The van der Waals surface area contributed by atoms with Gasteiger partial charge in [-0.1, -0.05) is 48.0 Å². The molecule has 2 fully saturated rings. The van der Waals surface area contributed by atoms with Gasteiger partial charge in [0.15, 0.2) is 0 Å². The van der Waals surface area contributed by atoms with Crippen molar-refractivity contribution >= 4 is 23.4 Å². The molecular weight excluding hydrogens is 393 g/mol. The monoisotopic (exact) mass is 415 g/mol. The van der Waals surface area contributed by atoms with E-state index in [1.54, 1.807) is 6.07 Å². The van der Waals surface area contributed by atoms with Gasteiger partial charge in [-0.25, -0.2) is 4.39 Å². The molecule has 1 heterocycles. The fourth-order valence-corrected chi connectivity index (χ4v) is 4.02. The molecule has 5 nitrogen and oxygen atoms in total. The van der Waals surface area contributed by atoms with Crippen molar-refractivity contribution in [1.29, 1.82) is 0 Å². The SMILES string of the molecule is O=C(CC1C(=O)NCCN1Cc1ccc(Cl)c(F)c1)NC1(c2ccccc2)CC1. The van der Waals surface area contributed by atoms with E-state index in [9.17, 15) is 14.0 Å². The van der Waals surface area contributed by atoms with E-state index in [2.05, 4.69) is 10.6 Å². The number of carbonyl (C=O) groups excluding carboxylic acids is 2. The predicted octanol–water partition coefficient (Wildman–Crippen LogP) is 2.98. The number of benzene rings is 2. The molecule has 0 bridgehead atoms. The summed E-state index contributed by atoms with van der Waals surface area (Å²) in [5.74, 6) is -0.815. The van der Waals surface area contributed by atoms with Gasteiger partial charge in [-0.05, 0) is 36.1 Å². The molecule has 1 unspecified atom stereocenters. The van der Waals surface area contributed by atoms with Crippen LogP contribution in [0.5, 0.6) is 0 Å². The fraction of sp³-hybridized carbons (Fsp3) is 0.364. The summed E-state index contributed by atoms with van der Waals surface area (Å²) in [6, 6.07) is 13.9. The van der Waals surface area contributed by atoms with Gasteiger partial charge >= 0.3 is 0 Å². The van der Waals surface area contributed by atoms with Crippen LogP contribution in [-0.4, -0.2) is 35.8 Å². The van der Waals surface area contributed by atoms with Gasteiger partial charge in [0.1, 0.15) is 5.82 Å². The fourth-order valence-electron chi connectivity index (χ4n) is 3.91. The Morgan fingerprint density at radius 1 is 1.24 bits per heavy atom. The van der Waals surface area contributed by atoms with Crippen molar-refractivity contribution in [3.05, 3.63) is 70.5 Å². The number of rotatable bonds is 6. The Balaban J connectivity index is 1.44. The van der Waals surface area contributed by atoms with Crippen LogP contribution in [0.15, 0.2) is 48.5 Å². The standard InChI is InChI=1S/C22H23ClFN3O2/c23-17-7-6-15(12-18(17)24)14-27-11-10-25-21(29)19(27)13-20(28)26-22(8-9-22)16-4-2-1-3-5-16/h1-7,12,19H,8-11,13-14H2,(H,25,29)(H,26,28). The van der Waals surface area contributed by atoms with Crippen LogP contribution in [0.3, 0.4) is 0 Å². The van der Waals surface area contributed by atoms with E-state index in [1.165, 1.54) is 12.1 Å². The van der Waals surface area contributed by atoms with Crippen molar-refractivity contribution in [3.63, 3.8) is 0 Å². The highest BCUT2D eigenvalue weighted by atomic mass is 35.5. The first-order chi connectivity index (χ1) is 14.0. The minimum atomic E-state index is -0.589. The summed E-state index contributed by atoms with van der Waals surface area (Å²) < 4.78 is 13.8. The summed E-state index contributed by atoms with van der Waals surface area (Å²) in [5, 5.41) is 6.02. The third-order valence-corrected chi connectivity index (χ3v) is 5.95. The lowest BCUT2D eigenvalue weighted by Crippen LogP contribution is -2.56. The summed E-state index contributed by atoms with van der Waals surface area (Å²) in [4.78, 5) is 27.2. The van der Waals surface area contributed by atoms with Gasteiger partial charge < -0.3 is 10.6 Å². The summed E-state index contributed by atoms with van der Waals surface area (Å²) in [5.41, 5.74) is 1.50. The van der Waals surface area contributed by atoms with Crippen molar-refractivity contribution in [2.24, 2.45) is 0 Å². The zero-order valence-electron chi connectivity index (χ0n) is 16.0. The van der Waals surface area contributed by atoms with E-state index < -0.39 is 11.9 Å². The Morgan fingerprint density at radius 2 is 2.00 bits per heavy atom. The zero-order valence-corrected chi connectivity index (χ0v) is 16.7. The first kappa shape index (κ1) is 19.9. The summed E-state index contributed by atoms with van der Waals surface area (Å²) in [6.45, 7) is 1.47. The quantitative estimate of drug-likeness (QED) is 0.762. The van der Waals surface area contributed by atoms with E-state index in [-0.39, 0.29) is 28.8 Å². The number of hydrogen-bond acceptors (Lipinski definition) is 3. The van der Waals surface area contributed by atoms with Crippen molar-refractivity contribution in [1.82, 2.24) is 15.5 Å². The molecule has 1 saturated carbocycles. The largest absolute Gasteiger partial charge is 0.353 e. The number of amides is 2. The average Bonchev–Trinajstić information content (AvgIpc) is 3.49. The van der Waals surface area contributed by atoms with E-state index in [0.29, 0.717) is 19.6 Å². The van der Waals surface area contributed by atoms with E-state index in [1.807, 2.05) is 35.2 Å². The van der Waals surface area contributed by atoms with Crippen LogP contribution in [0, 0.1) is 5.82 Å². The Morgan fingerprint density at radius 3 is 2.69 bits per heavy atom. The lowest BCUT2D eigenvalue weighted by atomic mass is 10.0. The average molecular weight is 416 g/mol. The third-order valence-electron chi connectivity index (χ3n) is 5.65. The number of piperazine rings is 1. The Labute approximate surface area is 174 Å². The van der Waals surface area contributed by atoms with Gasteiger partial charge in [0.05, 0.1) is 23.0 Å². The lowest BCUT2D eigenvalue weighted by molar-refractivity contribution is -0.134. The zero-order chi connectivity index (χ0) is 20.4. The van der Waals surface area contributed by atoms with Gasteiger partial charge in [-0.3, -0.25) is 14.5 Å². The van der Waals surface area contributed by atoms with E-state index in [0.717, 1.165) is 24.0 Å². The van der Waals surface area contributed by atoms with Crippen LogP contribution in [0.2, 0.25) is 5.02 Å². The normalized spacial score (nSPS) is 20.8. The number of nitrogens with zero attached hydrogens (tertiary/aromatic N) is 1. The molecule has 0 radical (unpaired) electrons. The molecule has 0 aromatic heterocycles. The molecule has 1 aliphatic carbocycles. The van der Waals surface area contributed by atoms with Crippen molar-refractivity contribution in [3.8, 4) is 0 Å². The third kappa shape index (κ3) is 4.43. The lowest BCUT2D eigenvalue weighted by Gasteiger charge is -2.35. The molecular formula is C22H23ClFN3O2. The minimum Gasteiger partial charge on any atom is -0.353 e. The van der Waals surface area contributed by atoms with Gasteiger partial charge in [0, 0.05) is 19.6 Å². The van der Waals surface area contributed by atoms with Crippen molar-refractivity contribution < 1.29 is 14.0 Å². The Hall–Kier alpha value is -2.44. The van der Waals surface area contributed by atoms with Crippen molar-refractivity contribution in [2.75, 3.05) is 13.1 Å². The molecule has 2 aromatic rings. The summed E-state index contributed by atoms with van der Waals surface area (Å²) in [6.07, 6.45) is 1.86. The van der Waals surface area contributed by atoms with Crippen LogP contribution in [0.4, 0.5) is 4.39 Å². The molecule has 4 rings (SSSR count). The maximum absolute atomic E-state index is 13.8. The molecule has 29 heavy (non-hydrogen) atoms. The van der Waals surface area contributed by atoms with Crippen molar-refractivity contribution in [2.45, 2.75) is 37.4 Å². The first-order valence-electron chi connectivity index (χ1n) is 9.79. The van der Waals surface area contributed by atoms with Gasteiger partial charge in [0.2, 0.25) is 11.8 Å². The van der Waals surface area contributed by atoms with Crippen LogP contribution in [0.1, 0.15) is 30.4 Å². The number of nitrogens with one attached hydrogen (secondary N) is 2. The molecule has 2 aromatic carbocycles. The molecule has 2 N–H and O–H groups in total. The highest BCUT2D eigenvalue weighted by Gasteiger charge is 2.46. The second kappa shape index (κ2) is 8.13. The molecule has 1 aliphatic heterocycles. The van der Waals surface area contributed by atoms with E-state index >= 15 is 0 Å². The second-order valence-electron chi connectivity index (χ2n) is 7.73. The predicted molar refractivity (Wildman–Crippen MR) is 109 cm³/mol. The molecule has 1 atom stereocenters.